The summed E-state index contributed by atoms with van der Waals surface area (Å²) in [5.41, 5.74) is 3.20. The number of methoxy groups -OCH3 is 2. The van der Waals surface area contributed by atoms with Gasteiger partial charge in [0, 0.05) is 92.4 Å². The van der Waals surface area contributed by atoms with Gasteiger partial charge in [0.2, 0.25) is 0 Å². The van der Waals surface area contributed by atoms with Gasteiger partial charge in [0.05, 0.1) is 10.4 Å². The van der Waals surface area contributed by atoms with Crippen LogP contribution in [0.3, 0.4) is 0 Å². The second-order valence-corrected chi connectivity index (χ2v) is 24.4. The van der Waals surface area contributed by atoms with Crippen molar-refractivity contribution in [1.82, 2.24) is 0 Å². The monoisotopic (exact) mass is 776 g/mol. The van der Waals surface area contributed by atoms with Crippen LogP contribution in [-0.2, 0) is 36.0 Å². The number of nitrogens with zero attached hydrogens (tertiary/aromatic N) is 2. The number of ether oxygens (including phenoxy) is 2. The van der Waals surface area contributed by atoms with Crippen molar-refractivity contribution in [2.45, 2.75) is 128 Å². The van der Waals surface area contributed by atoms with Crippen LogP contribution in [0.15, 0.2) is 24.3 Å². The van der Waals surface area contributed by atoms with E-state index in [0.29, 0.717) is 11.1 Å². The largest absolute Gasteiger partial charge is 0.418 e. The summed E-state index contributed by atoms with van der Waals surface area (Å²) in [6.07, 6.45) is 6.38. The van der Waals surface area contributed by atoms with Crippen molar-refractivity contribution in [2.75, 3.05) is 78.6 Å². The molecule has 0 heterocycles. The van der Waals surface area contributed by atoms with Crippen LogP contribution in [0.2, 0.25) is 11.1 Å². The molecule has 0 aliphatic rings. The van der Waals surface area contributed by atoms with Gasteiger partial charge in [-0.3, -0.25) is 0 Å². The van der Waals surface area contributed by atoms with Gasteiger partial charge in [-0.2, -0.15) is 0 Å². The molecule has 0 aromatic heterocycles. The van der Waals surface area contributed by atoms with Crippen molar-refractivity contribution in [3.05, 3.63) is 24.3 Å². The topological polar surface area (TPSA) is 80.3 Å². The number of hydrogen-bond acceptors (Lipinski definition) is 10. The minimum absolute atomic E-state index is 0.237. The van der Waals surface area contributed by atoms with Gasteiger partial charge in [0.1, 0.15) is 0 Å². The average molecular weight is 777 g/mol. The van der Waals surface area contributed by atoms with E-state index in [9.17, 15) is 0 Å². The highest BCUT2D eigenvalue weighted by Crippen LogP contribution is 2.28. The molecule has 0 radical (unpaired) electrons. The Balaban J connectivity index is 3.32. The van der Waals surface area contributed by atoms with Gasteiger partial charge in [-0.25, -0.2) is 0 Å². The van der Waals surface area contributed by atoms with Gasteiger partial charge in [0.25, 0.3) is 0 Å². The maximum Gasteiger partial charge on any atom is 0.323 e. The van der Waals surface area contributed by atoms with E-state index in [-0.39, 0.29) is 22.7 Å². The van der Waals surface area contributed by atoms with Crippen molar-refractivity contribution >= 4 is 49.5 Å². The number of hydrogen-bond donors (Lipinski definition) is 0. The first-order chi connectivity index (χ1) is 23.8. The summed E-state index contributed by atoms with van der Waals surface area (Å²) in [6, 6.07) is 9.14. The molecule has 0 saturated heterocycles. The third-order valence-electron chi connectivity index (χ3n) is 10.5. The molecule has 1 rings (SSSR count). The fourth-order valence-electron chi connectivity index (χ4n) is 5.81. The van der Waals surface area contributed by atoms with E-state index in [1.54, 1.807) is 28.4 Å². The van der Waals surface area contributed by atoms with Crippen LogP contribution in [0.5, 0.6) is 0 Å². The standard InChI is InChI=1S/C36H76N2O8Si4/c1-15-29(3)45-47-35(7,39-9)23-27-37(25-21-31(5)49(41-11)42-12)33-17-19-34(20-18-33)38(26-22-32(6)50(43-13)44-14)28-24-36(8,40-10)48-46-30(4)16-2/h17-20,29-32,49-50H,15-16,21-28,47-48H2,1-14H3. The first-order valence-electron chi connectivity index (χ1n) is 18.8. The highest BCUT2D eigenvalue weighted by Gasteiger charge is 2.30. The lowest BCUT2D eigenvalue weighted by Gasteiger charge is -2.35. The summed E-state index contributed by atoms with van der Waals surface area (Å²) in [5, 5.41) is -0.475. The summed E-state index contributed by atoms with van der Waals surface area (Å²) >= 11 is 0. The normalized spacial score (nSPS) is 17.4. The molecule has 1 aromatic carbocycles. The van der Waals surface area contributed by atoms with Crippen LogP contribution in [0.1, 0.15) is 93.9 Å². The first-order valence-corrected chi connectivity index (χ1v) is 24.6. The third kappa shape index (κ3) is 17.0. The molecule has 0 bridgehead atoms. The molecule has 0 saturated carbocycles. The van der Waals surface area contributed by atoms with Gasteiger partial charge in [-0.05, 0) is 102 Å². The van der Waals surface area contributed by atoms with Crippen LogP contribution >= 0.6 is 0 Å². The summed E-state index contributed by atoms with van der Waals surface area (Å²) in [6.45, 7) is 21.2. The van der Waals surface area contributed by atoms with E-state index in [1.807, 2.05) is 14.2 Å². The van der Waals surface area contributed by atoms with Crippen LogP contribution in [0.25, 0.3) is 0 Å². The molecule has 6 unspecified atom stereocenters. The molecule has 294 valence electrons. The predicted molar refractivity (Wildman–Crippen MR) is 220 cm³/mol. The minimum atomic E-state index is -1.72. The highest BCUT2D eigenvalue weighted by molar-refractivity contribution is 6.46. The van der Waals surface area contributed by atoms with Gasteiger partial charge >= 0.3 is 18.6 Å². The van der Waals surface area contributed by atoms with E-state index >= 15 is 0 Å². The first kappa shape index (κ1) is 47.4. The minimum Gasteiger partial charge on any atom is -0.418 e. The molecule has 0 spiro atoms. The summed E-state index contributed by atoms with van der Waals surface area (Å²) in [5.74, 6) is 0. The van der Waals surface area contributed by atoms with Gasteiger partial charge in [0.15, 0.2) is 19.5 Å². The summed E-state index contributed by atoms with van der Waals surface area (Å²) in [7, 11) is 5.53. The zero-order valence-electron chi connectivity index (χ0n) is 34.4. The molecule has 0 N–H and O–H groups in total. The van der Waals surface area contributed by atoms with Crippen LogP contribution in [0.4, 0.5) is 11.4 Å². The molecule has 0 aliphatic carbocycles. The Morgan fingerprint density at radius 2 is 0.900 bits per heavy atom. The number of anilines is 2. The molecule has 10 nitrogen and oxygen atoms in total. The maximum atomic E-state index is 6.28. The van der Waals surface area contributed by atoms with Crippen molar-refractivity contribution < 1.29 is 36.0 Å². The van der Waals surface area contributed by atoms with Crippen LogP contribution < -0.4 is 9.80 Å². The van der Waals surface area contributed by atoms with Gasteiger partial charge in [-0.1, -0.05) is 27.7 Å². The molecular formula is C36H76N2O8Si4. The zero-order chi connectivity index (χ0) is 37.7. The Kier molecular flexibility index (Phi) is 24.1. The van der Waals surface area contributed by atoms with E-state index in [1.165, 1.54) is 11.4 Å². The Morgan fingerprint density at radius 3 is 1.16 bits per heavy atom. The van der Waals surface area contributed by atoms with E-state index in [4.69, 9.17) is 36.0 Å². The fourth-order valence-corrected chi connectivity index (χ4v) is 11.5. The molecule has 0 aliphatic heterocycles. The maximum absolute atomic E-state index is 6.28. The van der Waals surface area contributed by atoms with Crippen molar-refractivity contribution in [1.29, 1.82) is 0 Å². The van der Waals surface area contributed by atoms with E-state index in [0.717, 1.165) is 64.7 Å². The highest BCUT2D eigenvalue weighted by atomic mass is 28.3. The second-order valence-electron chi connectivity index (χ2n) is 14.6. The third-order valence-corrected chi connectivity index (χ3v) is 18.8. The number of benzene rings is 1. The van der Waals surface area contributed by atoms with Crippen molar-refractivity contribution in [2.24, 2.45) is 0 Å². The lowest BCUT2D eigenvalue weighted by atomic mass is 10.1. The molecular weight excluding hydrogens is 701 g/mol. The second kappa shape index (κ2) is 25.4. The lowest BCUT2D eigenvalue weighted by Crippen LogP contribution is -2.42. The Bertz CT molecular complexity index is 920. The van der Waals surface area contributed by atoms with Crippen molar-refractivity contribution in [3.8, 4) is 0 Å². The van der Waals surface area contributed by atoms with E-state index in [2.05, 4.69) is 89.5 Å². The van der Waals surface area contributed by atoms with Crippen LogP contribution in [0, 0.1) is 0 Å². The molecule has 0 amide bonds. The SMILES string of the molecule is CCC(C)O[SiH2]C(C)(CCN(CCC(C)[SiH](OC)OC)c1ccc(N(CCC(C)[SiH](OC)OC)CCC(C)(OC)[SiH2]OC(C)CC)cc1)OC. The zero-order valence-corrected chi connectivity index (χ0v) is 39.6. The van der Waals surface area contributed by atoms with Gasteiger partial charge < -0.3 is 45.8 Å². The summed E-state index contributed by atoms with van der Waals surface area (Å²) < 4.78 is 47.6. The predicted octanol–water partition coefficient (Wildman–Crippen LogP) is 5.19. The quantitative estimate of drug-likeness (QED) is 0.0976. The fraction of sp³-hybridized carbons (Fsp3) is 0.833. The Hall–Kier alpha value is -0.632. The molecule has 0 fully saturated rings. The molecule has 1 aromatic rings. The molecule has 6 atom stereocenters. The van der Waals surface area contributed by atoms with Crippen LogP contribution in [-0.4, -0.2) is 130 Å². The smallest absolute Gasteiger partial charge is 0.323 e. The molecule has 14 heteroatoms. The van der Waals surface area contributed by atoms with Crippen molar-refractivity contribution in [3.63, 3.8) is 0 Å². The Morgan fingerprint density at radius 1 is 0.580 bits per heavy atom. The van der Waals surface area contributed by atoms with Gasteiger partial charge in [-0.15, -0.1) is 0 Å². The average Bonchev–Trinajstić information content (AvgIpc) is 3.13. The number of rotatable bonds is 30. The molecule has 50 heavy (non-hydrogen) atoms. The summed E-state index contributed by atoms with van der Waals surface area (Å²) in [4.78, 5) is 5.01. The lowest BCUT2D eigenvalue weighted by molar-refractivity contribution is 0.0490. The Labute approximate surface area is 315 Å². The van der Waals surface area contributed by atoms with E-state index < -0.39 is 38.1 Å².